The molecule has 0 radical (unpaired) electrons. The molecule has 1 aromatic carbocycles. The minimum atomic E-state index is 0.770. The standard InChI is InChI=1S/C12H16N4/c1-3-4-11-14-12(16-15-11)9-5-7-10(13-2)8-6-9/h5-8,13H,3-4H2,1-2H3,(H,14,15,16). The number of aromatic amines is 1. The van der Waals surface area contributed by atoms with Gasteiger partial charge < -0.3 is 5.32 Å². The first-order chi connectivity index (χ1) is 7.83. The van der Waals surface area contributed by atoms with Gasteiger partial charge in [-0.1, -0.05) is 6.92 Å². The van der Waals surface area contributed by atoms with Crippen molar-refractivity contribution in [1.29, 1.82) is 0 Å². The largest absolute Gasteiger partial charge is 0.388 e. The zero-order valence-electron chi connectivity index (χ0n) is 9.62. The van der Waals surface area contributed by atoms with Crippen LogP contribution in [-0.4, -0.2) is 22.2 Å². The molecule has 1 aromatic heterocycles. The lowest BCUT2D eigenvalue weighted by molar-refractivity contribution is 0.841. The first-order valence-electron chi connectivity index (χ1n) is 5.53. The summed E-state index contributed by atoms with van der Waals surface area (Å²) in [6, 6.07) is 8.08. The van der Waals surface area contributed by atoms with E-state index in [9.17, 15) is 0 Å². The summed E-state index contributed by atoms with van der Waals surface area (Å²) in [6.45, 7) is 2.13. The summed E-state index contributed by atoms with van der Waals surface area (Å²) < 4.78 is 0. The molecule has 2 rings (SSSR count). The van der Waals surface area contributed by atoms with Crippen LogP contribution < -0.4 is 5.32 Å². The molecule has 0 atom stereocenters. The monoisotopic (exact) mass is 216 g/mol. The number of nitrogens with zero attached hydrogens (tertiary/aromatic N) is 2. The van der Waals surface area contributed by atoms with Crippen LogP contribution in [0.1, 0.15) is 19.2 Å². The van der Waals surface area contributed by atoms with Crippen molar-refractivity contribution < 1.29 is 0 Å². The van der Waals surface area contributed by atoms with Crippen molar-refractivity contribution in [3.05, 3.63) is 30.1 Å². The van der Waals surface area contributed by atoms with Crippen molar-refractivity contribution >= 4 is 5.69 Å². The van der Waals surface area contributed by atoms with Crippen molar-refractivity contribution in [2.75, 3.05) is 12.4 Å². The number of benzene rings is 1. The first-order valence-corrected chi connectivity index (χ1v) is 5.53. The van der Waals surface area contributed by atoms with Crippen molar-refractivity contribution in [2.45, 2.75) is 19.8 Å². The molecular formula is C12H16N4. The minimum Gasteiger partial charge on any atom is -0.388 e. The molecule has 0 saturated heterocycles. The fourth-order valence-corrected chi connectivity index (χ4v) is 1.56. The van der Waals surface area contributed by atoms with Gasteiger partial charge in [0.05, 0.1) is 0 Å². The maximum atomic E-state index is 4.44. The normalized spacial score (nSPS) is 10.4. The fraction of sp³-hybridized carbons (Fsp3) is 0.333. The van der Waals surface area contributed by atoms with Crippen LogP contribution in [0.5, 0.6) is 0 Å². The van der Waals surface area contributed by atoms with E-state index in [2.05, 4.69) is 27.4 Å². The predicted octanol–water partition coefficient (Wildman–Crippen LogP) is 2.47. The van der Waals surface area contributed by atoms with Gasteiger partial charge in [-0.3, -0.25) is 5.10 Å². The van der Waals surface area contributed by atoms with E-state index >= 15 is 0 Å². The average molecular weight is 216 g/mol. The number of rotatable bonds is 4. The van der Waals surface area contributed by atoms with Crippen molar-refractivity contribution in [3.63, 3.8) is 0 Å². The van der Waals surface area contributed by atoms with Crippen LogP contribution in [0.25, 0.3) is 11.4 Å². The van der Waals surface area contributed by atoms with E-state index in [0.29, 0.717) is 0 Å². The van der Waals surface area contributed by atoms with Gasteiger partial charge in [0, 0.05) is 24.7 Å². The van der Waals surface area contributed by atoms with Crippen LogP contribution in [0.4, 0.5) is 5.69 Å². The van der Waals surface area contributed by atoms with Crippen molar-refractivity contribution in [3.8, 4) is 11.4 Å². The first kappa shape index (κ1) is 10.7. The topological polar surface area (TPSA) is 53.6 Å². The smallest absolute Gasteiger partial charge is 0.181 e. The molecule has 0 amide bonds. The summed E-state index contributed by atoms with van der Waals surface area (Å²) in [5.74, 6) is 1.72. The molecule has 0 aliphatic carbocycles. The lowest BCUT2D eigenvalue weighted by Crippen LogP contribution is -1.88. The summed E-state index contributed by atoms with van der Waals surface area (Å²) in [6.07, 6.45) is 2.02. The van der Waals surface area contributed by atoms with Gasteiger partial charge in [0.1, 0.15) is 5.82 Å². The Labute approximate surface area is 95.1 Å². The summed E-state index contributed by atoms with van der Waals surface area (Å²) >= 11 is 0. The summed E-state index contributed by atoms with van der Waals surface area (Å²) in [5, 5.41) is 10.2. The molecule has 0 unspecified atom stereocenters. The van der Waals surface area contributed by atoms with Crippen LogP contribution in [-0.2, 0) is 6.42 Å². The highest BCUT2D eigenvalue weighted by Gasteiger charge is 2.04. The Balaban J connectivity index is 2.21. The van der Waals surface area contributed by atoms with Crippen molar-refractivity contribution in [1.82, 2.24) is 15.2 Å². The Kier molecular flexibility index (Phi) is 3.19. The molecule has 0 fully saturated rings. The van der Waals surface area contributed by atoms with Gasteiger partial charge in [0.25, 0.3) is 0 Å². The highest BCUT2D eigenvalue weighted by atomic mass is 15.2. The van der Waals surface area contributed by atoms with Gasteiger partial charge in [-0.25, -0.2) is 4.98 Å². The molecule has 2 aromatic rings. The Hall–Kier alpha value is -1.84. The number of aromatic nitrogens is 3. The summed E-state index contributed by atoms with van der Waals surface area (Å²) in [7, 11) is 1.90. The molecule has 16 heavy (non-hydrogen) atoms. The number of hydrogen-bond donors (Lipinski definition) is 2. The molecule has 0 saturated carbocycles. The lowest BCUT2D eigenvalue weighted by atomic mass is 10.2. The van der Waals surface area contributed by atoms with Gasteiger partial charge in [-0.15, -0.1) is 0 Å². The molecule has 84 valence electrons. The van der Waals surface area contributed by atoms with Gasteiger partial charge >= 0.3 is 0 Å². The number of H-pyrrole nitrogens is 1. The highest BCUT2D eigenvalue weighted by Crippen LogP contribution is 2.17. The molecule has 0 aliphatic rings. The maximum absolute atomic E-state index is 4.44. The van der Waals surface area contributed by atoms with Crippen LogP contribution in [0.15, 0.2) is 24.3 Å². The van der Waals surface area contributed by atoms with E-state index in [-0.39, 0.29) is 0 Å². The van der Waals surface area contributed by atoms with Gasteiger partial charge in [0.15, 0.2) is 5.82 Å². The molecular weight excluding hydrogens is 200 g/mol. The predicted molar refractivity (Wildman–Crippen MR) is 65.4 cm³/mol. The zero-order valence-corrected chi connectivity index (χ0v) is 9.62. The Morgan fingerprint density at radius 2 is 2.00 bits per heavy atom. The number of hydrogen-bond acceptors (Lipinski definition) is 3. The molecule has 0 spiro atoms. The Morgan fingerprint density at radius 3 is 2.62 bits per heavy atom. The van der Waals surface area contributed by atoms with Crippen LogP contribution >= 0.6 is 0 Å². The van der Waals surface area contributed by atoms with Crippen molar-refractivity contribution in [2.24, 2.45) is 0 Å². The zero-order chi connectivity index (χ0) is 11.4. The second kappa shape index (κ2) is 4.79. The molecule has 0 aliphatic heterocycles. The molecule has 4 nitrogen and oxygen atoms in total. The van der Waals surface area contributed by atoms with E-state index in [0.717, 1.165) is 35.7 Å². The van der Waals surface area contributed by atoms with Gasteiger partial charge in [0.2, 0.25) is 0 Å². The van der Waals surface area contributed by atoms with E-state index in [1.54, 1.807) is 0 Å². The third kappa shape index (κ3) is 2.21. The van der Waals surface area contributed by atoms with Crippen LogP contribution in [0.2, 0.25) is 0 Å². The second-order valence-electron chi connectivity index (χ2n) is 3.68. The maximum Gasteiger partial charge on any atom is 0.181 e. The van der Waals surface area contributed by atoms with E-state index < -0.39 is 0 Å². The molecule has 1 heterocycles. The molecule has 2 N–H and O–H groups in total. The van der Waals surface area contributed by atoms with Crippen LogP contribution in [0, 0.1) is 0 Å². The van der Waals surface area contributed by atoms with E-state index in [4.69, 9.17) is 0 Å². The SMILES string of the molecule is CCCc1nc(-c2ccc(NC)cc2)n[nH]1. The Bertz CT molecular complexity index is 444. The number of nitrogens with one attached hydrogen (secondary N) is 2. The number of aryl methyl sites for hydroxylation is 1. The van der Waals surface area contributed by atoms with E-state index in [1.165, 1.54) is 0 Å². The quantitative estimate of drug-likeness (QED) is 0.825. The third-order valence-corrected chi connectivity index (χ3v) is 2.45. The molecule has 4 heteroatoms. The minimum absolute atomic E-state index is 0.770. The Morgan fingerprint density at radius 1 is 1.25 bits per heavy atom. The number of anilines is 1. The van der Waals surface area contributed by atoms with Gasteiger partial charge in [-0.05, 0) is 30.7 Å². The van der Waals surface area contributed by atoms with E-state index in [1.807, 2.05) is 31.3 Å². The summed E-state index contributed by atoms with van der Waals surface area (Å²) in [4.78, 5) is 4.44. The second-order valence-corrected chi connectivity index (χ2v) is 3.68. The fourth-order valence-electron chi connectivity index (χ4n) is 1.56. The third-order valence-electron chi connectivity index (χ3n) is 2.45. The lowest BCUT2D eigenvalue weighted by Gasteiger charge is -1.99. The van der Waals surface area contributed by atoms with Crippen LogP contribution in [0.3, 0.4) is 0 Å². The molecule has 0 bridgehead atoms. The average Bonchev–Trinajstić information content (AvgIpc) is 2.78. The van der Waals surface area contributed by atoms with Gasteiger partial charge in [-0.2, -0.15) is 5.10 Å². The summed E-state index contributed by atoms with van der Waals surface area (Å²) in [5.41, 5.74) is 2.13. The highest BCUT2D eigenvalue weighted by molar-refractivity contribution is 5.59.